The molecular formula is C49H40N2. The monoisotopic (exact) mass is 656 g/mol. The molecule has 4 bridgehead atoms. The zero-order valence-electron chi connectivity index (χ0n) is 28.8. The van der Waals surface area contributed by atoms with Crippen LogP contribution in [0.4, 0.5) is 17.1 Å². The third-order valence-corrected chi connectivity index (χ3v) is 13.1. The van der Waals surface area contributed by atoms with Crippen molar-refractivity contribution in [2.45, 2.75) is 37.5 Å². The van der Waals surface area contributed by atoms with Gasteiger partial charge >= 0.3 is 0 Å². The molecule has 5 aliphatic carbocycles. The Balaban J connectivity index is 1.06. The lowest BCUT2D eigenvalue weighted by atomic mass is 9.43. The van der Waals surface area contributed by atoms with Gasteiger partial charge in [0.05, 0.1) is 17.6 Å². The van der Waals surface area contributed by atoms with Crippen LogP contribution in [-0.2, 0) is 5.41 Å². The summed E-state index contributed by atoms with van der Waals surface area (Å²) in [5, 5.41) is 2.49. The van der Waals surface area contributed by atoms with Crippen molar-refractivity contribution in [3.63, 3.8) is 0 Å². The van der Waals surface area contributed by atoms with Gasteiger partial charge in [0.25, 0.3) is 0 Å². The fourth-order valence-corrected chi connectivity index (χ4v) is 11.4. The van der Waals surface area contributed by atoms with Crippen LogP contribution in [0.5, 0.6) is 0 Å². The molecule has 246 valence electrons. The molecule has 2 nitrogen and oxygen atoms in total. The SMILES string of the molecule is c1ccc(-c2cccc(N(c3cccnc3)c3cccc4c(-c5ccc6c(c5)-c5ccccc5C65C6CC7CC(C6)CC5C7)cccc34)c2)cc1. The van der Waals surface area contributed by atoms with Crippen LogP contribution in [0, 0.1) is 23.7 Å². The zero-order valence-corrected chi connectivity index (χ0v) is 28.8. The fraction of sp³-hybridized carbons (Fsp3) is 0.204. The largest absolute Gasteiger partial charge is 0.308 e. The second-order valence-electron chi connectivity index (χ2n) is 15.6. The zero-order chi connectivity index (χ0) is 33.5. The van der Waals surface area contributed by atoms with Crippen molar-refractivity contribution < 1.29 is 0 Å². The first-order chi connectivity index (χ1) is 25.3. The second-order valence-corrected chi connectivity index (χ2v) is 15.6. The highest BCUT2D eigenvalue weighted by Crippen LogP contribution is 2.69. The van der Waals surface area contributed by atoms with E-state index < -0.39 is 0 Å². The van der Waals surface area contributed by atoms with Gasteiger partial charge in [0.1, 0.15) is 0 Å². The Labute approximate surface area is 300 Å². The number of rotatable bonds is 5. The van der Waals surface area contributed by atoms with Gasteiger partial charge in [0.15, 0.2) is 0 Å². The number of pyridine rings is 1. The Hall–Kier alpha value is -5.47. The Bertz CT molecular complexity index is 2420. The van der Waals surface area contributed by atoms with Gasteiger partial charge in [-0.1, -0.05) is 109 Å². The van der Waals surface area contributed by atoms with Crippen molar-refractivity contribution in [1.29, 1.82) is 0 Å². The van der Waals surface area contributed by atoms with Gasteiger partial charge in [-0.3, -0.25) is 4.98 Å². The van der Waals surface area contributed by atoms with Crippen molar-refractivity contribution >= 4 is 27.8 Å². The highest BCUT2D eigenvalue weighted by atomic mass is 15.1. The second kappa shape index (κ2) is 11.3. The van der Waals surface area contributed by atoms with Gasteiger partial charge in [0.2, 0.25) is 0 Å². The summed E-state index contributed by atoms with van der Waals surface area (Å²) in [6.45, 7) is 0. The van der Waals surface area contributed by atoms with Gasteiger partial charge in [-0.25, -0.2) is 0 Å². The van der Waals surface area contributed by atoms with E-state index in [-0.39, 0.29) is 5.41 Å². The molecule has 1 spiro atoms. The molecule has 0 amide bonds. The van der Waals surface area contributed by atoms with Crippen molar-refractivity contribution in [1.82, 2.24) is 4.98 Å². The smallest absolute Gasteiger partial charge is 0.0645 e. The third-order valence-electron chi connectivity index (χ3n) is 13.1. The molecule has 1 heterocycles. The topological polar surface area (TPSA) is 16.1 Å². The molecule has 0 unspecified atom stereocenters. The Morgan fingerprint density at radius 1 is 0.471 bits per heavy atom. The number of aromatic nitrogens is 1. The molecule has 0 N–H and O–H groups in total. The van der Waals surface area contributed by atoms with Gasteiger partial charge in [-0.15, -0.1) is 0 Å². The van der Waals surface area contributed by atoms with Crippen LogP contribution in [0.3, 0.4) is 0 Å². The minimum atomic E-state index is 0.197. The minimum absolute atomic E-state index is 0.197. The van der Waals surface area contributed by atoms with Crippen molar-refractivity contribution in [2.75, 3.05) is 4.90 Å². The molecule has 51 heavy (non-hydrogen) atoms. The number of hydrogen-bond acceptors (Lipinski definition) is 2. The summed E-state index contributed by atoms with van der Waals surface area (Å²) >= 11 is 0. The molecule has 0 radical (unpaired) electrons. The van der Waals surface area contributed by atoms with E-state index in [1.807, 2.05) is 18.5 Å². The average Bonchev–Trinajstić information content (AvgIpc) is 3.48. The van der Waals surface area contributed by atoms with E-state index >= 15 is 0 Å². The number of benzene rings is 6. The Kier molecular flexibility index (Phi) is 6.47. The summed E-state index contributed by atoms with van der Waals surface area (Å²) in [5.41, 5.74) is 14.7. The molecule has 4 saturated carbocycles. The van der Waals surface area contributed by atoms with E-state index in [1.165, 1.54) is 76.3 Å². The molecule has 2 heteroatoms. The molecule has 5 aliphatic rings. The molecular weight excluding hydrogens is 617 g/mol. The molecule has 0 aliphatic heterocycles. The maximum Gasteiger partial charge on any atom is 0.0645 e. The predicted octanol–water partition coefficient (Wildman–Crippen LogP) is 12.8. The van der Waals surface area contributed by atoms with Crippen LogP contribution in [0.15, 0.2) is 158 Å². The molecule has 12 rings (SSSR count). The molecule has 7 aromatic rings. The summed E-state index contributed by atoms with van der Waals surface area (Å²) in [4.78, 5) is 6.92. The first-order valence-electron chi connectivity index (χ1n) is 18.9. The summed E-state index contributed by atoms with van der Waals surface area (Å²) in [7, 11) is 0. The highest BCUT2D eigenvalue weighted by molar-refractivity contribution is 6.06. The number of hydrogen-bond donors (Lipinski definition) is 0. The van der Waals surface area contributed by atoms with Crippen LogP contribution in [0.25, 0.3) is 44.2 Å². The van der Waals surface area contributed by atoms with Gasteiger partial charge in [0, 0.05) is 22.7 Å². The minimum Gasteiger partial charge on any atom is -0.308 e. The number of fused-ring (bicyclic) bond motifs is 4. The number of nitrogens with zero attached hydrogens (tertiary/aromatic N) is 2. The highest BCUT2D eigenvalue weighted by Gasteiger charge is 2.61. The van der Waals surface area contributed by atoms with E-state index in [1.54, 1.807) is 11.1 Å². The average molecular weight is 657 g/mol. The van der Waals surface area contributed by atoms with E-state index in [0.717, 1.165) is 40.7 Å². The van der Waals surface area contributed by atoms with Crippen LogP contribution in [0.2, 0.25) is 0 Å². The standard InChI is InChI=1S/C49H40N2/c1-2-10-34(11-3-1)35-12-6-13-39(29-35)51(40-14-9-23-50-31-40)48-20-8-17-42-41(16-7-18-44(42)48)36-21-22-47-45(30-36)43-15-4-5-19-46(43)49(47)37-25-32-24-33(27-37)28-38(49)26-32/h1-23,29-33,37-38H,24-28H2. The first-order valence-corrected chi connectivity index (χ1v) is 18.9. The predicted molar refractivity (Wildman–Crippen MR) is 211 cm³/mol. The molecule has 1 aromatic heterocycles. The van der Waals surface area contributed by atoms with E-state index in [2.05, 4.69) is 149 Å². The lowest BCUT2D eigenvalue weighted by Gasteiger charge is -2.61. The lowest BCUT2D eigenvalue weighted by molar-refractivity contribution is -0.0399. The van der Waals surface area contributed by atoms with Gasteiger partial charge < -0.3 is 4.90 Å². The summed E-state index contributed by atoms with van der Waals surface area (Å²) in [6, 6.07) is 54.3. The lowest BCUT2D eigenvalue weighted by Crippen LogP contribution is -2.55. The molecule has 6 aromatic carbocycles. The summed E-state index contributed by atoms with van der Waals surface area (Å²) in [6.07, 6.45) is 11.0. The van der Waals surface area contributed by atoms with E-state index in [9.17, 15) is 0 Å². The quantitative estimate of drug-likeness (QED) is 0.183. The van der Waals surface area contributed by atoms with Crippen molar-refractivity contribution in [3.05, 3.63) is 169 Å². The number of anilines is 3. The van der Waals surface area contributed by atoms with E-state index in [4.69, 9.17) is 0 Å². The van der Waals surface area contributed by atoms with E-state index in [0.29, 0.717) is 0 Å². The molecule has 4 fully saturated rings. The van der Waals surface area contributed by atoms with Gasteiger partial charge in [-0.2, -0.15) is 0 Å². The summed E-state index contributed by atoms with van der Waals surface area (Å²) in [5.74, 6) is 3.46. The van der Waals surface area contributed by atoms with Crippen LogP contribution in [-0.4, -0.2) is 4.98 Å². The Morgan fingerprint density at radius 3 is 1.98 bits per heavy atom. The first kappa shape index (κ1) is 29.3. The van der Waals surface area contributed by atoms with Crippen molar-refractivity contribution in [3.8, 4) is 33.4 Å². The summed E-state index contributed by atoms with van der Waals surface area (Å²) < 4.78 is 0. The van der Waals surface area contributed by atoms with Crippen LogP contribution < -0.4 is 4.90 Å². The molecule has 0 saturated heterocycles. The molecule has 0 atom stereocenters. The van der Waals surface area contributed by atoms with Gasteiger partial charge in [-0.05, 0) is 142 Å². The van der Waals surface area contributed by atoms with Crippen LogP contribution >= 0.6 is 0 Å². The normalized spacial score (nSPS) is 23.8. The third kappa shape index (κ3) is 4.32. The van der Waals surface area contributed by atoms with Crippen LogP contribution in [0.1, 0.15) is 43.2 Å². The van der Waals surface area contributed by atoms with Crippen molar-refractivity contribution in [2.24, 2.45) is 23.7 Å². The maximum atomic E-state index is 4.56. The maximum absolute atomic E-state index is 4.56. The Morgan fingerprint density at radius 2 is 1.16 bits per heavy atom. The fourth-order valence-electron chi connectivity index (χ4n) is 11.4.